The summed E-state index contributed by atoms with van der Waals surface area (Å²) in [5.74, 6) is 0.370. The van der Waals surface area contributed by atoms with Crippen LogP contribution in [0.25, 0.3) is 0 Å². The Labute approximate surface area is 154 Å². The highest BCUT2D eigenvalue weighted by Crippen LogP contribution is 2.32. The second-order valence-electron chi connectivity index (χ2n) is 6.36. The molecule has 1 aliphatic heterocycles. The van der Waals surface area contributed by atoms with Crippen molar-refractivity contribution >= 4 is 10.0 Å². The molecule has 0 saturated heterocycles. The average Bonchev–Trinajstić information content (AvgIpc) is 3.10. The molecule has 0 aliphatic carbocycles. The molecule has 0 amide bonds. The Bertz CT molecular complexity index is 863. The lowest BCUT2D eigenvalue weighted by molar-refractivity contribution is 0.121. The molecule has 2 heterocycles. The van der Waals surface area contributed by atoms with Crippen molar-refractivity contribution in [2.24, 2.45) is 0 Å². The van der Waals surface area contributed by atoms with Crippen molar-refractivity contribution in [2.75, 3.05) is 26.9 Å². The molecule has 0 fully saturated rings. The Kier molecular flexibility index (Phi) is 5.64. The van der Waals surface area contributed by atoms with Gasteiger partial charge in [0.15, 0.2) is 0 Å². The Morgan fingerprint density at radius 1 is 1.31 bits per heavy atom. The van der Waals surface area contributed by atoms with Crippen molar-refractivity contribution in [2.45, 2.75) is 37.8 Å². The monoisotopic (exact) mass is 379 g/mol. The maximum atomic E-state index is 13.3. The van der Waals surface area contributed by atoms with E-state index in [0.29, 0.717) is 38.5 Å². The number of ether oxygens (including phenoxy) is 2. The topological polar surface area (TPSA) is 73.7 Å². The van der Waals surface area contributed by atoms with E-state index in [-0.39, 0.29) is 10.9 Å². The summed E-state index contributed by atoms with van der Waals surface area (Å²) in [4.78, 5) is 0.196. The van der Waals surface area contributed by atoms with E-state index < -0.39 is 10.0 Å². The summed E-state index contributed by atoms with van der Waals surface area (Å²) in [5.41, 5.74) is 1.83. The van der Waals surface area contributed by atoms with Crippen LogP contribution >= 0.6 is 0 Å². The Balaban J connectivity index is 1.91. The molecular formula is C18H25N3O4S. The highest BCUT2D eigenvalue weighted by molar-refractivity contribution is 7.89. The molecule has 0 bridgehead atoms. The molecule has 1 unspecified atom stereocenters. The SMILES string of the molecule is CCOCCC1CN(S(=O)(=O)c2ccc(C)cc2OC)Cc2ccnn21. The van der Waals surface area contributed by atoms with Gasteiger partial charge >= 0.3 is 0 Å². The fraction of sp³-hybridized carbons (Fsp3) is 0.500. The standard InChI is InChI=1S/C18H25N3O4S/c1-4-25-10-8-16-13-20(12-15-7-9-19-21(15)16)26(22,23)18-6-5-14(2)11-17(18)24-3/h5-7,9,11,16H,4,8,10,12-13H2,1-3H3. The van der Waals surface area contributed by atoms with Gasteiger partial charge in [-0.3, -0.25) is 4.68 Å². The van der Waals surface area contributed by atoms with Crippen molar-refractivity contribution in [1.29, 1.82) is 0 Å². The maximum absolute atomic E-state index is 13.3. The van der Waals surface area contributed by atoms with Crippen LogP contribution in [0, 0.1) is 6.92 Å². The summed E-state index contributed by atoms with van der Waals surface area (Å²) in [6, 6.07) is 6.96. The molecule has 0 saturated carbocycles. The molecule has 0 N–H and O–H groups in total. The second-order valence-corrected chi connectivity index (χ2v) is 8.26. The zero-order chi connectivity index (χ0) is 18.7. The minimum Gasteiger partial charge on any atom is -0.495 e. The summed E-state index contributed by atoms with van der Waals surface area (Å²) in [5, 5.41) is 4.37. The lowest BCUT2D eigenvalue weighted by atomic mass is 10.1. The largest absolute Gasteiger partial charge is 0.495 e. The summed E-state index contributed by atoms with van der Waals surface area (Å²) >= 11 is 0. The Morgan fingerprint density at radius 2 is 2.12 bits per heavy atom. The third kappa shape index (κ3) is 3.62. The predicted octanol–water partition coefficient (Wildman–Crippen LogP) is 2.37. The summed E-state index contributed by atoms with van der Waals surface area (Å²) in [6.07, 6.45) is 2.42. The first-order valence-electron chi connectivity index (χ1n) is 8.72. The molecular weight excluding hydrogens is 354 g/mol. The van der Waals surface area contributed by atoms with Crippen LogP contribution < -0.4 is 4.74 Å². The van der Waals surface area contributed by atoms with Gasteiger partial charge in [0.05, 0.1) is 25.4 Å². The molecule has 26 heavy (non-hydrogen) atoms. The highest BCUT2D eigenvalue weighted by Gasteiger charge is 2.35. The molecule has 0 radical (unpaired) electrons. The van der Waals surface area contributed by atoms with Crippen LogP contribution in [0.5, 0.6) is 5.75 Å². The number of sulfonamides is 1. The molecule has 2 aromatic rings. The van der Waals surface area contributed by atoms with Gasteiger partial charge in [0.2, 0.25) is 10.0 Å². The number of aromatic nitrogens is 2. The summed E-state index contributed by atoms with van der Waals surface area (Å²) < 4.78 is 40.7. The number of fused-ring (bicyclic) bond motifs is 1. The molecule has 1 atom stereocenters. The molecule has 0 spiro atoms. The van der Waals surface area contributed by atoms with Crippen LogP contribution in [0.1, 0.15) is 30.6 Å². The van der Waals surface area contributed by atoms with Crippen LogP contribution in [0.2, 0.25) is 0 Å². The first kappa shape index (κ1) is 18.9. The first-order valence-corrected chi connectivity index (χ1v) is 10.2. The number of nitrogens with zero attached hydrogens (tertiary/aromatic N) is 3. The number of hydrogen-bond acceptors (Lipinski definition) is 5. The summed E-state index contributed by atoms with van der Waals surface area (Å²) in [6.45, 7) is 5.72. The highest BCUT2D eigenvalue weighted by atomic mass is 32.2. The van der Waals surface area contributed by atoms with Crippen LogP contribution in [0.4, 0.5) is 0 Å². The molecule has 7 nitrogen and oxygen atoms in total. The van der Waals surface area contributed by atoms with Gasteiger partial charge in [-0.2, -0.15) is 9.40 Å². The van der Waals surface area contributed by atoms with Crippen LogP contribution in [0.3, 0.4) is 0 Å². The third-order valence-corrected chi connectivity index (χ3v) is 6.44. The predicted molar refractivity (Wildman–Crippen MR) is 97.7 cm³/mol. The Hall–Kier alpha value is -1.90. The molecule has 8 heteroatoms. The molecule has 3 rings (SSSR count). The van der Waals surface area contributed by atoms with Gasteiger partial charge in [-0.05, 0) is 44.0 Å². The number of hydrogen-bond donors (Lipinski definition) is 0. The number of aryl methyl sites for hydroxylation is 1. The van der Waals surface area contributed by atoms with Crippen molar-refractivity contribution in [3.8, 4) is 5.75 Å². The lowest BCUT2D eigenvalue weighted by Gasteiger charge is -2.33. The number of methoxy groups -OCH3 is 1. The van der Waals surface area contributed by atoms with E-state index in [1.807, 2.05) is 24.6 Å². The van der Waals surface area contributed by atoms with E-state index in [4.69, 9.17) is 9.47 Å². The van der Waals surface area contributed by atoms with E-state index in [9.17, 15) is 8.42 Å². The zero-order valence-electron chi connectivity index (χ0n) is 15.4. The van der Waals surface area contributed by atoms with Crippen molar-refractivity contribution in [3.63, 3.8) is 0 Å². The second kappa shape index (κ2) is 7.77. The fourth-order valence-electron chi connectivity index (χ4n) is 3.24. The molecule has 1 aliphatic rings. The van der Waals surface area contributed by atoms with Gasteiger partial charge in [0.25, 0.3) is 0 Å². The van der Waals surface area contributed by atoms with Crippen molar-refractivity contribution in [1.82, 2.24) is 14.1 Å². The number of benzene rings is 1. The van der Waals surface area contributed by atoms with Crippen LogP contribution in [-0.2, 0) is 21.3 Å². The maximum Gasteiger partial charge on any atom is 0.247 e. The Morgan fingerprint density at radius 3 is 2.85 bits per heavy atom. The lowest BCUT2D eigenvalue weighted by Crippen LogP contribution is -2.41. The van der Waals surface area contributed by atoms with E-state index in [1.165, 1.54) is 11.4 Å². The minimum atomic E-state index is -3.68. The number of rotatable bonds is 7. The van der Waals surface area contributed by atoms with E-state index >= 15 is 0 Å². The van der Waals surface area contributed by atoms with Crippen LogP contribution in [-0.4, -0.2) is 49.4 Å². The molecule has 142 valence electrons. The normalized spacial score (nSPS) is 17.9. The average molecular weight is 379 g/mol. The smallest absolute Gasteiger partial charge is 0.247 e. The van der Waals surface area contributed by atoms with E-state index in [1.54, 1.807) is 24.4 Å². The quantitative estimate of drug-likeness (QED) is 0.691. The third-order valence-electron chi connectivity index (χ3n) is 4.59. The zero-order valence-corrected chi connectivity index (χ0v) is 16.2. The molecule has 1 aromatic heterocycles. The molecule has 1 aromatic carbocycles. The fourth-order valence-corrected chi connectivity index (χ4v) is 4.83. The van der Waals surface area contributed by atoms with Gasteiger partial charge in [-0.25, -0.2) is 8.42 Å². The van der Waals surface area contributed by atoms with Gasteiger partial charge < -0.3 is 9.47 Å². The summed E-state index contributed by atoms with van der Waals surface area (Å²) in [7, 11) is -2.19. The van der Waals surface area contributed by atoms with E-state index in [2.05, 4.69) is 5.10 Å². The van der Waals surface area contributed by atoms with E-state index in [0.717, 1.165) is 11.3 Å². The van der Waals surface area contributed by atoms with Gasteiger partial charge in [-0.15, -0.1) is 0 Å². The van der Waals surface area contributed by atoms with Gasteiger partial charge in [-0.1, -0.05) is 6.07 Å². The van der Waals surface area contributed by atoms with Crippen molar-refractivity contribution < 1.29 is 17.9 Å². The van der Waals surface area contributed by atoms with Gasteiger partial charge in [0.1, 0.15) is 10.6 Å². The van der Waals surface area contributed by atoms with Crippen LogP contribution in [0.15, 0.2) is 35.4 Å². The van der Waals surface area contributed by atoms with Crippen molar-refractivity contribution in [3.05, 3.63) is 41.7 Å². The van der Waals surface area contributed by atoms with Gasteiger partial charge in [0, 0.05) is 26.0 Å². The first-order chi connectivity index (χ1) is 12.5. The minimum absolute atomic E-state index is 0.0495.